The lowest BCUT2D eigenvalue weighted by molar-refractivity contribution is -0.136. The fourth-order valence-corrected chi connectivity index (χ4v) is 10.7. The Hall–Kier alpha value is -3.99. The molecule has 0 bridgehead atoms. The van der Waals surface area contributed by atoms with E-state index in [2.05, 4.69) is 40.7 Å². The van der Waals surface area contributed by atoms with E-state index < -0.39 is 24.1 Å². The highest BCUT2D eigenvalue weighted by molar-refractivity contribution is 7.90. The smallest absolute Gasteiger partial charge is 0.319 e. The molecule has 14 nitrogen and oxygen atoms in total. The number of hydrogen-bond acceptors (Lipinski definition) is 8. The van der Waals surface area contributed by atoms with Crippen LogP contribution in [0.3, 0.4) is 0 Å². The summed E-state index contributed by atoms with van der Waals surface area (Å²) in [6.45, 7) is 8.33. The molecule has 51 heavy (non-hydrogen) atoms. The minimum atomic E-state index is -3.64. The van der Waals surface area contributed by atoms with E-state index in [1.807, 2.05) is 36.4 Å². The average Bonchev–Trinajstić information content (AvgIpc) is 3.54. The van der Waals surface area contributed by atoms with Crippen LogP contribution in [0.4, 0.5) is 15.3 Å². The first-order valence-corrected chi connectivity index (χ1v) is 23.0. The minimum Gasteiger partial charge on any atom is -0.394 e. The Bertz CT molecular complexity index is 1750. The quantitative estimate of drug-likeness (QED) is 0.193. The summed E-state index contributed by atoms with van der Waals surface area (Å²) < 4.78 is 33.1. The summed E-state index contributed by atoms with van der Waals surface area (Å²) in [7, 11) is -5.23. The van der Waals surface area contributed by atoms with Crippen LogP contribution in [0.2, 0.25) is 25.7 Å². The Balaban J connectivity index is 1.25. The van der Waals surface area contributed by atoms with E-state index in [1.165, 1.54) is 6.20 Å². The van der Waals surface area contributed by atoms with Crippen molar-refractivity contribution >= 4 is 52.7 Å². The molecule has 4 N–H and O–H groups in total. The summed E-state index contributed by atoms with van der Waals surface area (Å²) in [5.41, 5.74) is 1.92. The summed E-state index contributed by atoms with van der Waals surface area (Å²) >= 11 is 0. The maximum atomic E-state index is 14.0. The van der Waals surface area contributed by atoms with Gasteiger partial charge in [0.25, 0.3) is 10.0 Å². The maximum absolute atomic E-state index is 14.0. The summed E-state index contributed by atoms with van der Waals surface area (Å²) in [4.78, 5) is 43.5. The van der Waals surface area contributed by atoms with Gasteiger partial charge in [0.15, 0.2) is 0 Å². The van der Waals surface area contributed by atoms with Crippen LogP contribution in [0.25, 0.3) is 10.9 Å². The number of carbonyl (C=O) groups is 3. The van der Waals surface area contributed by atoms with Gasteiger partial charge in [-0.05, 0) is 61.6 Å². The number of fused-ring (bicyclic) bond motifs is 1. The lowest BCUT2D eigenvalue weighted by Gasteiger charge is -2.36. The molecule has 5 rings (SSSR count). The van der Waals surface area contributed by atoms with Gasteiger partial charge in [-0.1, -0.05) is 43.9 Å². The van der Waals surface area contributed by atoms with Crippen molar-refractivity contribution in [1.82, 2.24) is 29.6 Å². The first kappa shape index (κ1) is 38.2. The molecule has 278 valence electrons. The van der Waals surface area contributed by atoms with Crippen LogP contribution >= 0.6 is 0 Å². The number of aromatic nitrogens is 2. The fourth-order valence-electron chi connectivity index (χ4n) is 6.39. The van der Waals surface area contributed by atoms with Crippen molar-refractivity contribution in [2.45, 2.75) is 76.0 Å². The summed E-state index contributed by atoms with van der Waals surface area (Å²) in [6, 6.07) is 13.5. The summed E-state index contributed by atoms with van der Waals surface area (Å²) in [5, 5.41) is 22.8. The van der Waals surface area contributed by atoms with Crippen molar-refractivity contribution in [2.75, 3.05) is 50.5 Å². The van der Waals surface area contributed by atoms with E-state index in [0.717, 1.165) is 9.65 Å². The third-order valence-electron chi connectivity index (χ3n) is 9.36. The number of para-hydroxylation sites is 1. The van der Waals surface area contributed by atoms with Gasteiger partial charge in [-0.15, -0.1) is 0 Å². The molecule has 2 aromatic carbocycles. The van der Waals surface area contributed by atoms with Crippen molar-refractivity contribution in [3.63, 3.8) is 0 Å². The number of nitrogens with zero attached hydrogens (tertiary/aromatic N) is 4. The average molecular weight is 742 g/mol. The van der Waals surface area contributed by atoms with Gasteiger partial charge in [-0.25, -0.2) is 18.0 Å². The Kier molecular flexibility index (Phi) is 12.8. The van der Waals surface area contributed by atoms with Gasteiger partial charge in [0, 0.05) is 57.8 Å². The molecule has 0 spiro atoms. The molecule has 16 heteroatoms. The van der Waals surface area contributed by atoms with Crippen molar-refractivity contribution in [1.29, 1.82) is 0 Å². The van der Waals surface area contributed by atoms with Crippen molar-refractivity contribution in [3.8, 4) is 0 Å². The molecule has 5 amide bonds. The molecule has 0 radical (unpaired) electrons. The molecule has 1 atom stereocenters. The number of nitrogens with one attached hydrogen (secondary N) is 3. The number of benzene rings is 2. The van der Waals surface area contributed by atoms with E-state index >= 15 is 0 Å². The van der Waals surface area contributed by atoms with Gasteiger partial charge in [-0.2, -0.15) is 9.19 Å². The monoisotopic (exact) mass is 741 g/mol. The largest absolute Gasteiger partial charge is 0.394 e. The number of carbonyl (C=O) groups excluding carboxylic acids is 3. The number of hydrogen-bond donors (Lipinski definition) is 4. The molecule has 2 aliphatic heterocycles. The molecule has 3 aromatic rings. The molecule has 3 heterocycles. The van der Waals surface area contributed by atoms with Crippen molar-refractivity contribution < 1.29 is 32.6 Å². The number of ether oxygens (including phenoxy) is 1. The van der Waals surface area contributed by atoms with Crippen LogP contribution in [0.15, 0.2) is 54.7 Å². The number of piperidine rings is 2. The SMILES string of the molecule is C[Si](C)(C)CCS(=O)(=O)n1ncc2cc(CC(NC(=O)N3CCC(NC(=O)Nc4ccccc4)CC3)C(=O)N3CCC(OCCO)CC3)ccc21. The Labute approximate surface area is 300 Å². The predicted molar refractivity (Wildman–Crippen MR) is 199 cm³/mol. The Morgan fingerprint density at radius 1 is 0.980 bits per heavy atom. The molecule has 2 fully saturated rings. The fraction of sp³-hybridized carbons (Fsp3) is 0.543. The van der Waals surface area contributed by atoms with E-state index in [0.29, 0.717) is 74.5 Å². The standard InChI is InChI=1S/C35H51N7O7SSi/c1-51(2,3)22-21-50(47,48)42-32-10-9-26(23-27(32)25-36-42)24-31(33(44)40-17-13-30(14-18-40)49-20-19-43)39-35(46)41-15-11-29(12-16-41)38-34(45)37-28-7-5-4-6-8-28/h4-10,23,25,29-31,43H,11-22,24H2,1-3H3,(H,39,46)(H2,37,38,45). The normalized spacial score (nSPS) is 16.9. The molecule has 1 unspecified atom stereocenters. The molecule has 0 aliphatic carbocycles. The second kappa shape index (κ2) is 17.0. The zero-order valence-electron chi connectivity index (χ0n) is 29.7. The highest BCUT2D eigenvalue weighted by Crippen LogP contribution is 2.22. The van der Waals surface area contributed by atoms with Crippen LogP contribution in [0, 0.1) is 0 Å². The Morgan fingerprint density at radius 3 is 2.33 bits per heavy atom. The number of aliphatic hydroxyl groups excluding tert-OH is 1. The number of urea groups is 2. The van der Waals surface area contributed by atoms with Crippen LogP contribution in [0.5, 0.6) is 0 Å². The summed E-state index contributed by atoms with van der Waals surface area (Å²) in [5.74, 6) is -0.178. The van der Waals surface area contributed by atoms with Crippen LogP contribution in [-0.4, -0.2) is 122 Å². The van der Waals surface area contributed by atoms with E-state index in [-0.39, 0.29) is 55.5 Å². The number of amides is 5. The van der Waals surface area contributed by atoms with E-state index in [4.69, 9.17) is 9.84 Å². The van der Waals surface area contributed by atoms with E-state index in [9.17, 15) is 22.8 Å². The van der Waals surface area contributed by atoms with Gasteiger partial charge < -0.3 is 35.6 Å². The van der Waals surface area contributed by atoms with Gasteiger partial charge >= 0.3 is 12.1 Å². The highest BCUT2D eigenvalue weighted by Gasteiger charge is 2.32. The first-order chi connectivity index (χ1) is 24.3. The third-order valence-corrected chi connectivity index (χ3v) is 13.0. The van der Waals surface area contributed by atoms with Crippen LogP contribution in [-0.2, 0) is 26.0 Å². The minimum absolute atomic E-state index is 0.0276. The third kappa shape index (κ3) is 10.8. The molecule has 1 aromatic heterocycles. The van der Waals surface area contributed by atoms with Gasteiger partial charge in [0.05, 0.1) is 36.8 Å². The lowest BCUT2D eigenvalue weighted by atomic mass is 10.0. The number of aliphatic hydroxyl groups is 1. The van der Waals surface area contributed by atoms with Gasteiger partial charge in [0.2, 0.25) is 5.91 Å². The lowest BCUT2D eigenvalue weighted by Crippen LogP contribution is -2.56. The molecule has 0 saturated carbocycles. The van der Waals surface area contributed by atoms with Gasteiger partial charge in [0.1, 0.15) is 6.04 Å². The van der Waals surface area contributed by atoms with Crippen LogP contribution < -0.4 is 16.0 Å². The Morgan fingerprint density at radius 2 is 1.67 bits per heavy atom. The topological polar surface area (TPSA) is 175 Å². The zero-order chi connectivity index (χ0) is 36.6. The van der Waals surface area contributed by atoms with E-state index in [1.54, 1.807) is 21.9 Å². The number of rotatable bonds is 13. The summed E-state index contributed by atoms with van der Waals surface area (Å²) in [6.07, 6.45) is 4.07. The molecular formula is C35H51N7O7SSi. The highest BCUT2D eigenvalue weighted by atomic mass is 32.2. The number of anilines is 1. The van der Waals surface area contributed by atoms with Crippen molar-refractivity contribution in [3.05, 3.63) is 60.3 Å². The maximum Gasteiger partial charge on any atom is 0.319 e. The second-order valence-electron chi connectivity index (χ2n) is 14.6. The van der Waals surface area contributed by atoms with Crippen LogP contribution in [0.1, 0.15) is 31.2 Å². The predicted octanol–water partition coefficient (Wildman–Crippen LogP) is 3.46. The number of likely N-dealkylation sites (tertiary alicyclic amines) is 2. The molecule has 2 aliphatic rings. The molecular weight excluding hydrogens is 691 g/mol. The first-order valence-electron chi connectivity index (χ1n) is 17.7. The second-order valence-corrected chi connectivity index (χ2v) is 22.1. The zero-order valence-corrected chi connectivity index (χ0v) is 31.5. The molecule has 2 saturated heterocycles. The van der Waals surface area contributed by atoms with Gasteiger partial charge in [-0.3, -0.25) is 4.79 Å². The van der Waals surface area contributed by atoms with Crippen molar-refractivity contribution in [2.24, 2.45) is 0 Å².